The fraction of sp³-hybridized carbons (Fsp3) is 0.333. The number of halogens is 1. The summed E-state index contributed by atoms with van der Waals surface area (Å²) in [5.74, 6) is -0.00349. The molecule has 0 aliphatic carbocycles. The van der Waals surface area contributed by atoms with Crippen LogP contribution in [0.2, 0.25) is 5.02 Å². The first-order chi connectivity index (χ1) is 10.2. The predicted octanol–water partition coefficient (Wildman–Crippen LogP) is 2.09. The van der Waals surface area contributed by atoms with Crippen molar-refractivity contribution < 1.29 is 4.79 Å². The van der Waals surface area contributed by atoms with Crippen LogP contribution in [-0.4, -0.2) is 39.7 Å². The normalized spacial score (nSPS) is 18.2. The monoisotopic (exact) mass is 304 g/mol. The topological polar surface area (TPSA) is 64.2 Å². The third-order valence-electron chi connectivity index (χ3n) is 3.81. The van der Waals surface area contributed by atoms with Crippen molar-refractivity contribution in [1.29, 1.82) is 0 Å². The molecule has 1 fully saturated rings. The molecule has 2 aromatic rings. The molecule has 0 bridgehead atoms. The lowest BCUT2D eigenvalue weighted by atomic mass is 10.2. The van der Waals surface area contributed by atoms with Gasteiger partial charge in [0.25, 0.3) is 5.91 Å². The highest BCUT2D eigenvalue weighted by molar-refractivity contribution is 6.30. The fourth-order valence-corrected chi connectivity index (χ4v) is 2.89. The second-order valence-electron chi connectivity index (χ2n) is 5.18. The molecule has 1 atom stereocenters. The van der Waals surface area contributed by atoms with Gasteiger partial charge < -0.3 is 10.6 Å². The van der Waals surface area contributed by atoms with E-state index >= 15 is 0 Å². The maximum absolute atomic E-state index is 12.5. The fourth-order valence-electron chi connectivity index (χ4n) is 2.71. The van der Waals surface area contributed by atoms with Gasteiger partial charge in [-0.05, 0) is 31.0 Å². The molecule has 2 N–H and O–H groups in total. The van der Waals surface area contributed by atoms with E-state index in [9.17, 15) is 4.79 Å². The smallest absolute Gasteiger partial charge is 0.257 e. The predicted molar refractivity (Wildman–Crippen MR) is 81.7 cm³/mol. The van der Waals surface area contributed by atoms with E-state index in [1.807, 2.05) is 17.0 Å². The number of nitrogens with two attached hydrogens (primary N) is 1. The number of hydrogen-bond acceptors (Lipinski definition) is 3. The number of hydrogen-bond donors (Lipinski definition) is 1. The van der Waals surface area contributed by atoms with E-state index in [0.29, 0.717) is 17.1 Å². The van der Waals surface area contributed by atoms with Gasteiger partial charge >= 0.3 is 0 Å². The molecular formula is C15H17ClN4O. The third-order valence-corrected chi connectivity index (χ3v) is 4.05. The summed E-state index contributed by atoms with van der Waals surface area (Å²) in [4.78, 5) is 14.4. The average molecular weight is 305 g/mol. The molecule has 21 heavy (non-hydrogen) atoms. The number of benzene rings is 1. The molecule has 6 heteroatoms. The van der Waals surface area contributed by atoms with Gasteiger partial charge in [-0.2, -0.15) is 5.10 Å². The summed E-state index contributed by atoms with van der Waals surface area (Å²) in [5.41, 5.74) is 7.13. The molecule has 1 unspecified atom stereocenters. The first-order valence-corrected chi connectivity index (χ1v) is 7.38. The Kier molecular flexibility index (Phi) is 3.94. The van der Waals surface area contributed by atoms with Crippen LogP contribution < -0.4 is 5.73 Å². The van der Waals surface area contributed by atoms with Gasteiger partial charge in [-0.3, -0.25) is 4.79 Å². The Morgan fingerprint density at radius 1 is 1.48 bits per heavy atom. The quantitative estimate of drug-likeness (QED) is 0.944. The van der Waals surface area contributed by atoms with Gasteiger partial charge in [0.1, 0.15) is 0 Å². The first kappa shape index (κ1) is 14.1. The maximum Gasteiger partial charge on any atom is 0.257 e. The van der Waals surface area contributed by atoms with E-state index in [-0.39, 0.29) is 11.9 Å². The number of nitrogens with zero attached hydrogens (tertiary/aromatic N) is 3. The van der Waals surface area contributed by atoms with Crippen molar-refractivity contribution in [1.82, 2.24) is 14.7 Å². The molecule has 0 spiro atoms. The van der Waals surface area contributed by atoms with Crippen molar-refractivity contribution in [2.45, 2.75) is 18.9 Å². The number of likely N-dealkylation sites (tertiary alicyclic amines) is 1. The minimum atomic E-state index is -0.00349. The van der Waals surface area contributed by atoms with Crippen molar-refractivity contribution in [2.75, 3.05) is 13.1 Å². The lowest BCUT2D eigenvalue weighted by molar-refractivity contribution is 0.0741. The highest BCUT2D eigenvalue weighted by Crippen LogP contribution is 2.20. The molecule has 1 aromatic carbocycles. The second kappa shape index (κ2) is 5.87. The van der Waals surface area contributed by atoms with Gasteiger partial charge in [-0.25, -0.2) is 4.68 Å². The van der Waals surface area contributed by atoms with Gasteiger partial charge in [0.2, 0.25) is 0 Å². The second-order valence-corrected chi connectivity index (χ2v) is 5.62. The molecule has 0 saturated carbocycles. The molecule has 110 valence electrons. The standard InChI is InChI=1S/C15H17ClN4O/c16-12-3-1-4-13(7-12)20-10-11(9-18-20)15(21)19-6-2-5-14(19)8-17/h1,3-4,7,9-10,14H,2,5-6,8,17H2. The molecule has 1 amide bonds. The largest absolute Gasteiger partial charge is 0.334 e. The van der Waals surface area contributed by atoms with Crippen LogP contribution in [0.4, 0.5) is 0 Å². The minimum Gasteiger partial charge on any atom is -0.334 e. The van der Waals surface area contributed by atoms with E-state index in [2.05, 4.69) is 5.10 Å². The third kappa shape index (κ3) is 2.80. The number of rotatable bonds is 3. The molecule has 3 rings (SSSR count). The Morgan fingerprint density at radius 2 is 2.33 bits per heavy atom. The first-order valence-electron chi connectivity index (χ1n) is 7.00. The van der Waals surface area contributed by atoms with Crippen LogP contribution in [0.3, 0.4) is 0 Å². The van der Waals surface area contributed by atoms with Crippen molar-refractivity contribution in [2.24, 2.45) is 5.73 Å². The summed E-state index contributed by atoms with van der Waals surface area (Å²) < 4.78 is 1.66. The van der Waals surface area contributed by atoms with Gasteiger partial charge in [0, 0.05) is 30.4 Å². The molecule has 1 aliphatic rings. The van der Waals surface area contributed by atoms with Crippen LogP contribution >= 0.6 is 11.6 Å². The number of aromatic nitrogens is 2. The highest BCUT2D eigenvalue weighted by atomic mass is 35.5. The summed E-state index contributed by atoms with van der Waals surface area (Å²) in [7, 11) is 0. The van der Waals surface area contributed by atoms with E-state index in [4.69, 9.17) is 17.3 Å². The summed E-state index contributed by atoms with van der Waals surface area (Å²) in [5, 5.41) is 4.89. The van der Waals surface area contributed by atoms with E-state index in [0.717, 1.165) is 25.1 Å². The van der Waals surface area contributed by atoms with Crippen molar-refractivity contribution in [3.05, 3.63) is 47.2 Å². The van der Waals surface area contributed by atoms with Crippen molar-refractivity contribution >= 4 is 17.5 Å². The molecule has 1 aliphatic heterocycles. The van der Waals surface area contributed by atoms with Gasteiger partial charge in [-0.15, -0.1) is 0 Å². The highest BCUT2D eigenvalue weighted by Gasteiger charge is 2.28. The molecule has 2 heterocycles. The molecule has 5 nitrogen and oxygen atoms in total. The SMILES string of the molecule is NCC1CCCN1C(=O)c1cnn(-c2cccc(Cl)c2)c1. The van der Waals surface area contributed by atoms with Gasteiger partial charge in [0.15, 0.2) is 0 Å². The summed E-state index contributed by atoms with van der Waals surface area (Å²) in [6.07, 6.45) is 5.32. The van der Waals surface area contributed by atoms with Crippen LogP contribution in [0, 0.1) is 0 Å². The zero-order valence-electron chi connectivity index (χ0n) is 11.6. The Balaban J connectivity index is 1.83. The summed E-state index contributed by atoms with van der Waals surface area (Å²) in [6.45, 7) is 1.28. The molecule has 0 radical (unpaired) electrons. The lowest BCUT2D eigenvalue weighted by Crippen LogP contribution is -2.39. The average Bonchev–Trinajstić information content (AvgIpc) is 3.15. The van der Waals surface area contributed by atoms with Crippen LogP contribution in [0.25, 0.3) is 5.69 Å². The van der Waals surface area contributed by atoms with Gasteiger partial charge in [-0.1, -0.05) is 17.7 Å². The Bertz CT molecular complexity index is 655. The Hall–Kier alpha value is -1.85. The van der Waals surface area contributed by atoms with Crippen LogP contribution in [-0.2, 0) is 0 Å². The molecule has 1 saturated heterocycles. The van der Waals surface area contributed by atoms with Crippen LogP contribution in [0.15, 0.2) is 36.7 Å². The molecular weight excluding hydrogens is 288 g/mol. The summed E-state index contributed by atoms with van der Waals surface area (Å²) in [6, 6.07) is 7.50. The van der Waals surface area contributed by atoms with Crippen LogP contribution in [0.1, 0.15) is 23.2 Å². The molecule has 1 aromatic heterocycles. The lowest BCUT2D eigenvalue weighted by Gasteiger charge is -2.22. The van der Waals surface area contributed by atoms with Crippen molar-refractivity contribution in [3.63, 3.8) is 0 Å². The Morgan fingerprint density at radius 3 is 3.10 bits per heavy atom. The van der Waals surface area contributed by atoms with Gasteiger partial charge in [0.05, 0.1) is 17.4 Å². The van der Waals surface area contributed by atoms with E-state index in [1.54, 1.807) is 29.2 Å². The van der Waals surface area contributed by atoms with Crippen LogP contribution in [0.5, 0.6) is 0 Å². The maximum atomic E-state index is 12.5. The number of carbonyl (C=O) groups is 1. The zero-order valence-corrected chi connectivity index (χ0v) is 12.3. The van der Waals surface area contributed by atoms with E-state index < -0.39 is 0 Å². The zero-order chi connectivity index (χ0) is 14.8. The minimum absolute atomic E-state index is 0.00349. The Labute approximate surface area is 128 Å². The number of amides is 1. The van der Waals surface area contributed by atoms with E-state index in [1.165, 1.54) is 0 Å². The number of carbonyl (C=O) groups excluding carboxylic acids is 1. The van der Waals surface area contributed by atoms with Crippen molar-refractivity contribution in [3.8, 4) is 5.69 Å². The summed E-state index contributed by atoms with van der Waals surface area (Å²) >= 11 is 5.98.